The predicted molar refractivity (Wildman–Crippen MR) is 119 cm³/mol. The number of ether oxygens (including phenoxy) is 1. The number of hydrogen-bond donors (Lipinski definition) is 0. The van der Waals surface area contributed by atoms with Crippen LogP contribution in [-0.2, 0) is 35.6 Å². The van der Waals surface area contributed by atoms with Crippen LogP contribution < -0.4 is 0 Å². The molecule has 30 heavy (non-hydrogen) atoms. The van der Waals surface area contributed by atoms with Crippen LogP contribution >= 0.6 is 0 Å². The summed E-state index contributed by atoms with van der Waals surface area (Å²) in [7, 11) is 0. The van der Waals surface area contributed by atoms with Crippen molar-refractivity contribution >= 4 is 17.2 Å². The number of nitrogens with zero attached hydrogens (tertiary/aromatic N) is 1. The van der Waals surface area contributed by atoms with Crippen LogP contribution in [0.3, 0.4) is 0 Å². The van der Waals surface area contributed by atoms with E-state index in [1.165, 1.54) is 22.3 Å². The molecule has 0 bridgehead atoms. The zero-order valence-corrected chi connectivity index (χ0v) is 16.8. The van der Waals surface area contributed by atoms with Gasteiger partial charge in [-0.2, -0.15) is 0 Å². The zero-order valence-electron chi connectivity index (χ0n) is 16.8. The van der Waals surface area contributed by atoms with Gasteiger partial charge in [0.2, 0.25) is 0 Å². The lowest BCUT2D eigenvalue weighted by molar-refractivity contribution is -0.112. The molecule has 3 heteroatoms. The van der Waals surface area contributed by atoms with E-state index in [0.29, 0.717) is 31.8 Å². The second kappa shape index (κ2) is 8.21. The summed E-state index contributed by atoms with van der Waals surface area (Å²) >= 11 is 0. The Balaban J connectivity index is 1.28. The van der Waals surface area contributed by atoms with Gasteiger partial charge in [-0.05, 0) is 40.3 Å². The van der Waals surface area contributed by atoms with E-state index in [1.54, 1.807) is 0 Å². The van der Waals surface area contributed by atoms with E-state index in [9.17, 15) is 4.79 Å². The molecule has 5 rings (SSSR count). The fraction of sp³-hybridized carbons (Fsp3) is 0.185. The second-order valence-corrected chi connectivity index (χ2v) is 7.91. The Morgan fingerprint density at radius 3 is 2.57 bits per heavy atom. The number of aliphatic imine (C=N–C) groups is 1. The molecule has 0 fully saturated rings. The van der Waals surface area contributed by atoms with Crippen LogP contribution in [0.4, 0.5) is 0 Å². The molecule has 0 saturated heterocycles. The average Bonchev–Trinajstić information content (AvgIpc) is 3.44. The number of carbonyl (C=O) groups is 1. The first-order chi connectivity index (χ1) is 14.7. The molecule has 0 N–H and O–H groups in total. The van der Waals surface area contributed by atoms with Crippen LogP contribution in [0, 0.1) is 0 Å². The number of rotatable bonds is 6. The van der Waals surface area contributed by atoms with Crippen molar-refractivity contribution in [2.24, 2.45) is 4.99 Å². The van der Waals surface area contributed by atoms with Crippen molar-refractivity contribution in [2.45, 2.75) is 32.5 Å². The summed E-state index contributed by atoms with van der Waals surface area (Å²) < 4.78 is 5.47. The van der Waals surface area contributed by atoms with Gasteiger partial charge in [0.25, 0.3) is 0 Å². The highest BCUT2D eigenvalue weighted by Crippen LogP contribution is 2.25. The van der Waals surface area contributed by atoms with Gasteiger partial charge in [0.05, 0.1) is 24.6 Å². The molecule has 2 aliphatic heterocycles. The molecule has 0 amide bonds. The lowest BCUT2D eigenvalue weighted by Gasteiger charge is -2.06. The number of carbonyl (C=O) groups excluding carboxylic acids is 1. The highest BCUT2D eigenvalue weighted by atomic mass is 16.5. The van der Waals surface area contributed by atoms with Gasteiger partial charge in [0.1, 0.15) is 0 Å². The lowest BCUT2D eigenvalue weighted by Crippen LogP contribution is -2.14. The number of allylic oxidation sites excluding steroid dienone is 1. The Kier molecular flexibility index (Phi) is 5.12. The topological polar surface area (TPSA) is 38.7 Å². The first-order valence-corrected chi connectivity index (χ1v) is 10.4. The fourth-order valence-electron chi connectivity index (χ4n) is 4.08. The van der Waals surface area contributed by atoms with E-state index in [1.807, 2.05) is 12.1 Å². The van der Waals surface area contributed by atoms with Gasteiger partial charge in [-0.25, -0.2) is 4.99 Å². The molecule has 0 unspecified atom stereocenters. The molecule has 148 valence electrons. The van der Waals surface area contributed by atoms with Crippen molar-refractivity contribution < 1.29 is 9.53 Å². The first-order valence-electron chi connectivity index (χ1n) is 10.4. The minimum absolute atomic E-state index is 0.0977. The monoisotopic (exact) mass is 393 g/mol. The summed E-state index contributed by atoms with van der Waals surface area (Å²) in [6, 6.07) is 25.1. The largest absolute Gasteiger partial charge is 0.372 e. The summed E-state index contributed by atoms with van der Waals surface area (Å²) in [6.45, 7) is 1.32. The predicted octanol–water partition coefficient (Wildman–Crippen LogP) is 5.31. The molecule has 0 atom stereocenters. The van der Waals surface area contributed by atoms with E-state index in [0.717, 1.165) is 23.2 Å². The van der Waals surface area contributed by atoms with Crippen LogP contribution in [0.5, 0.6) is 0 Å². The molecule has 0 spiro atoms. The van der Waals surface area contributed by atoms with Gasteiger partial charge >= 0.3 is 0 Å². The van der Waals surface area contributed by atoms with Gasteiger partial charge in [0.15, 0.2) is 5.78 Å². The van der Waals surface area contributed by atoms with Crippen molar-refractivity contribution in [3.63, 3.8) is 0 Å². The normalized spacial score (nSPS) is 14.9. The van der Waals surface area contributed by atoms with E-state index in [-0.39, 0.29) is 5.78 Å². The molecule has 0 radical (unpaired) electrons. The Hall–Kier alpha value is -3.30. The first kappa shape index (κ1) is 18.7. The van der Waals surface area contributed by atoms with Crippen LogP contribution in [0.15, 0.2) is 83.9 Å². The molecule has 0 aromatic heterocycles. The SMILES string of the molecule is O=C(Cc1ccc2c(c1)COC2)C1=NC(c2cccc(Cc3ccccc3)c2)=CC1. The molecule has 3 aromatic rings. The van der Waals surface area contributed by atoms with E-state index < -0.39 is 0 Å². The van der Waals surface area contributed by atoms with Gasteiger partial charge < -0.3 is 4.74 Å². The van der Waals surface area contributed by atoms with Crippen molar-refractivity contribution in [1.82, 2.24) is 0 Å². The van der Waals surface area contributed by atoms with Crippen LogP contribution in [0.25, 0.3) is 5.70 Å². The number of hydrogen-bond acceptors (Lipinski definition) is 3. The minimum atomic E-state index is 0.0977. The summed E-state index contributed by atoms with van der Waals surface area (Å²) in [6.07, 6.45) is 3.94. The number of fused-ring (bicyclic) bond motifs is 1. The Bertz CT molecular complexity index is 1160. The van der Waals surface area contributed by atoms with Crippen molar-refractivity contribution in [2.75, 3.05) is 0 Å². The zero-order chi connectivity index (χ0) is 20.3. The summed E-state index contributed by atoms with van der Waals surface area (Å²) in [5.74, 6) is 0.0977. The quantitative estimate of drug-likeness (QED) is 0.570. The second-order valence-electron chi connectivity index (χ2n) is 7.91. The van der Waals surface area contributed by atoms with Crippen molar-refractivity contribution in [3.8, 4) is 0 Å². The molecule has 2 aliphatic rings. The Morgan fingerprint density at radius 2 is 1.67 bits per heavy atom. The number of ketones is 1. The average molecular weight is 393 g/mol. The maximum atomic E-state index is 12.8. The summed E-state index contributed by atoms with van der Waals surface area (Å²) in [5.41, 5.74) is 8.60. The van der Waals surface area contributed by atoms with Crippen molar-refractivity contribution in [3.05, 3.63) is 112 Å². The van der Waals surface area contributed by atoms with Gasteiger partial charge in [-0.1, -0.05) is 72.8 Å². The third kappa shape index (κ3) is 4.03. The van der Waals surface area contributed by atoms with E-state index in [2.05, 4.69) is 71.7 Å². The summed E-state index contributed by atoms with van der Waals surface area (Å²) in [4.78, 5) is 17.5. The molecular weight excluding hydrogens is 370 g/mol. The van der Waals surface area contributed by atoms with Crippen molar-refractivity contribution in [1.29, 1.82) is 0 Å². The lowest BCUT2D eigenvalue weighted by atomic mass is 10.0. The highest BCUT2D eigenvalue weighted by Gasteiger charge is 2.19. The standard InChI is InChI=1S/C27H23NO2/c29-27(16-21-9-10-23-17-30-18-24(23)15-21)26-12-11-25(28-26)22-8-4-7-20(14-22)13-19-5-2-1-3-6-19/h1-11,14-15H,12-13,16-18H2. The molecule has 2 heterocycles. The molecular formula is C27H23NO2. The Labute approximate surface area is 176 Å². The molecule has 0 saturated carbocycles. The van der Waals surface area contributed by atoms with Gasteiger partial charge in [-0.3, -0.25) is 4.79 Å². The molecule has 3 aromatic carbocycles. The van der Waals surface area contributed by atoms with E-state index >= 15 is 0 Å². The van der Waals surface area contributed by atoms with E-state index in [4.69, 9.17) is 4.74 Å². The maximum Gasteiger partial charge on any atom is 0.181 e. The van der Waals surface area contributed by atoms with Crippen LogP contribution in [0.2, 0.25) is 0 Å². The highest BCUT2D eigenvalue weighted by molar-refractivity contribution is 6.42. The maximum absolute atomic E-state index is 12.8. The fourth-order valence-corrected chi connectivity index (χ4v) is 4.08. The van der Waals surface area contributed by atoms with Crippen LogP contribution in [0.1, 0.15) is 39.8 Å². The molecule has 3 nitrogen and oxygen atoms in total. The number of benzene rings is 3. The van der Waals surface area contributed by atoms with Crippen LogP contribution in [-0.4, -0.2) is 11.5 Å². The van der Waals surface area contributed by atoms with Gasteiger partial charge in [0, 0.05) is 18.4 Å². The minimum Gasteiger partial charge on any atom is -0.372 e. The number of Topliss-reactive ketones (excluding diaryl/α,β-unsaturated/α-hetero) is 1. The third-order valence-corrected chi connectivity index (χ3v) is 5.69. The van der Waals surface area contributed by atoms with Gasteiger partial charge in [-0.15, -0.1) is 0 Å². The Morgan fingerprint density at radius 1 is 0.833 bits per heavy atom. The summed E-state index contributed by atoms with van der Waals surface area (Å²) in [5, 5.41) is 0. The molecule has 0 aliphatic carbocycles. The third-order valence-electron chi connectivity index (χ3n) is 5.69. The smallest absolute Gasteiger partial charge is 0.181 e.